The van der Waals surface area contributed by atoms with Gasteiger partial charge in [0.2, 0.25) is 5.89 Å². The Hall–Kier alpha value is -1.40. The highest BCUT2D eigenvalue weighted by atomic mass is 32.2. The SMILES string of the molecule is CC1(c2nc(CSc3cccc(F)c3)no2)CCCC1N. The van der Waals surface area contributed by atoms with Gasteiger partial charge in [-0.1, -0.05) is 17.6 Å². The van der Waals surface area contributed by atoms with Gasteiger partial charge in [-0.15, -0.1) is 11.8 Å². The second kappa shape index (κ2) is 5.77. The Morgan fingerprint density at radius 2 is 2.38 bits per heavy atom. The first kappa shape index (κ1) is 14.5. The number of benzene rings is 1. The first-order valence-electron chi connectivity index (χ1n) is 7.05. The topological polar surface area (TPSA) is 64.9 Å². The number of aromatic nitrogens is 2. The zero-order chi connectivity index (χ0) is 14.9. The Labute approximate surface area is 127 Å². The van der Waals surface area contributed by atoms with E-state index in [0.29, 0.717) is 17.5 Å². The predicted molar refractivity (Wildman–Crippen MR) is 79.4 cm³/mol. The summed E-state index contributed by atoms with van der Waals surface area (Å²) >= 11 is 1.49. The van der Waals surface area contributed by atoms with Gasteiger partial charge in [0, 0.05) is 10.9 Å². The average molecular weight is 307 g/mol. The van der Waals surface area contributed by atoms with Crippen molar-refractivity contribution < 1.29 is 8.91 Å². The third-order valence-corrected chi connectivity index (χ3v) is 5.14. The van der Waals surface area contributed by atoms with Crippen LogP contribution in [0.3, 0.4) is 0 Å². The summed E-state index contributed by atoms with van der Waals surface area (Å²) in [7, 11) is 0. The van der Waals surface area contributed by atoms with Crippen LogP contribution in [0.5, 0.6) is 0 Å². The van der Waals surface area contributed by atoms with Gasteiger partial charge in [-0.05, 0) is 38.0 Å². The Kier molecular flexibility index (Phi) is 3.99. The third-order valence-electron chi connectivity index (χ3n) is 4.15. The second-order valence-electron chi connectivity index (χ2n) is 5.68. The van der Waals surface area contributed by atoms with Gasteiger partial charge in [0.25, 0.3) is 0 Å². The number of thioether (sulfide) groups is 1. The molecule has 0 radical (unpaired) electrons. The lowest BCUT2D eigenvalue weighted by Gasteiger charge is -2.23. The summed E-state index contributed by atoms with van der Waals surface area (Å²) in [4.78, 5) is 5.33. The smallest absolute Gasteiger partial charge is 0.234 e. The van der Waals surface area contributed by atoms with Gasteiger partial charge >= 0.3 is 0 Å². The van der Waals surface area contributed by atoms with Crippen LogP contribution in [-0.4, -0.2) is 16.2 Å². The van der Waals surface area contributed by atoms with Crippen molar-refractivity contribution >= 4 is 11.8 Å². The normalized spacial score (nSPS) is 25.4. The van der Waals surface area contributed by atoms with E-state index in [4.69, 9.17) is 10.3 Å². The van der Waals surface area contributed by atoms with Crippen molar-refractivity contribution in [2.75, 3.05) is 0 Å². The van der Waals surface area contributed by atoms with Crippen molar-refractivity contribution in [2.24, 2.45) is 5.73 Å². The molecule has 112 valence electrons. The van der Waals surface area contributed by atoms with Crippen LogP contribution in [0.1, 0.15) is 37.9 Å². The number of rotatable bonds is 4. The molecule has 1 heterocycles. The highest BCUT2D eigenvalue weighted by molar-refractivity contribution is 7.98. The molecule has 1 aromatic heterocycles. The van der Waals surface area contributed by atoms with Crippen molar-refractivity contribution in [3.05, 3.63) is 41.8 Å². The number of nitrogens with zero attached hydrogens (tertiary/aromatic N) is 2. The van der Waals surface area contributed by atoms with E-state index in [1.165, 1.54) is 23.9 Å². The summed E-state index contributed by atoms with van der Waals surface area (Å²) in [5.41, 5.74) is 5.95. The number of hydrogen-bond acceptors (Lipinski definition) is 5. The lowest BCUT2D eigenvalue weighted by Crippen LogP contribution is -2.38. The molecular formula is C15H18FN3OS. The largest absolute Gasteiger partial charge is 0.339 e. The van der Waals surface area contributed by atoms with Crippen molar-refractivity contribution in [1.82, 2.24) is 10.1 Å². The van der Waals surface area contributed by atoms with Gasteiger partial charge in [0.15, 0.2) is 5.82 Å². The van der Waals surface area contributed by atoms with Crippen molar-refractivity contribution in [3.8, 4) is 0 Å². The molecule has 6 heteroatoms. The first-order valence-corrected chi connectivity index (χ1v) is 8.03. The molecule has 1 saturated carbocycles. The minimum atomic E-state index is -0.238. The maximum Gasteiger partial charge on any atom is 0.234 e. The van der Waals surface area contributed by atoms with Crippen molar-refractivity contribution in [2.45, 2.75) is 48.3 Å². The van der Waals surface area contributed by atoms with E-state index in [2.05, 4.69) is 17.1 Å². The highest BCUT2D eigenvalue weighted by Crippen LogP contribution is 2.39. The Balaban J connectivity index is 1.68. The summed E-state index contributed by atoms with van der Waals surface area (Å²) in [6, 6.07) is 6.56. The van der Waals surface area contributed by atoms with Crippen LogP contribution in [0.2, 0.25) is 0 Å². The van der Waals surface area contributed by atoms with E-state index in [-0.39, 0.29) is 17.3 Å². The summed E-state index contributed by atoms with van der Waals surface area (Å²) in [6.45, 7) is 2.08. The van der Waals surface area contributed by atoms with Crippen molar-refractivity contribution in [3.63, 3.8) is 0 Å². The van der Waals surface area contributed by atoms with Crippen LogP contribution in [0.4, 0.5) is 4.39 Å². The van der Waals surface area contributed by atoms with E-state index >= 15 is 0 Å². The van der Waals surface area contributed by atoms with Crippen LogP contribution in [0.25, 0.3) is 0 Å². The molecule has 4 nitrogen and oxygen atoms in total. The van der Waals surface area contributed by atoms with E-state index in [1.807, 2.05) is 6.07 Å². The van der Waals surface area contributed by atoms with E-state index < -0.39 is 0 Å². The number of nitrogens with two attached hydrogens (primary N) is 1. The predicted octanol–water partition coefficient (Wildman–Crippen LogP) is 3.27. The standard InChI is InChI=1S/C15H18FN3OS/c1-15(7-3-6-12(15)17)14-18-13(19-20-14)9-21-11-5-2-4-10(16)8-11/h2,4-5,8,12H,3,6-7,9,17H2,1H3. The fourth-order valence-electron chi connectivity index (χ4n) is 2.71. The molecule has 0 spiro atoms. The molecule has 1 aliphatic carbocycles. The molecule has 2 aromatic rings. The Morgan fingerprint density at radius 3 is 3.10 bits per heavy atom. The molecule has 0 bridgehead atoms. The molecule has 0 saturated heterocycles. The fraction of sp³-hybridized carbons (Fsp3) is 0.467. The summed E-state index contributed by atoms with van der Waals surface area (Å²) in [5.74, 6) is 1.57. The lowest BCUT2D eigenvalue weighted by atomic mass is 9.85. The quantitative estimate of drug-likeness (QED) is 0.878. The molecule has 2 N–H and O–H groups in total. The molecule has 3 rings (SSSR count). The fourth-order valence-corrected chi connectivity index (χ4v) is 3.49. The van der Waals surface area contributed by atoms with Crippen molar-refractivity contribution in [1.29, 1.82) is 0 Å². The second-order valence-corrected chi connectivity index (χ2v) is 6.73. The monoisotopic (exact) mass is 307 g/mol. The number of halogens is 1. The molecular weight excluding hydrogens is 289 g/mol. The van der Waals surface area contributed by atoms with Crippen LogP contribution in [-0.2, 0) is 11.2 Å². The molecule has 2 atom stereocenters. The maximum absolute atomic E-state index is 13.1. The maximum atomic E-state index is 13.1. The highest BCUT2D eigenvalue weighted by Gasteiger charge is 2.42. The van der Waals surface area contributed by atoms with Gasteiger partial charge in [0.1, 0.15) is 5.82 Å². The molecule has 21 heavy (non-hydrogen) atoms. The van der Waals surface area contributed by atoms with E-state index in [9.17, 15) is 4.39 Å². The van der Waals surface area contributed by atoms with Crippen LogP contribution in [0, 0.1) is 5.82 Å². The lowest BCUT2D eigenvalue weighted by molar-refractivity contribution is 0.277. The average Bonchev–Trinajstić information content (AvgIpc) is 3.06. The third kappa shape index (κ3) is 2.96. The van der Waals surface area contributed by atoms with Gasteiger partial charge in [0.05, 0.1) is 11.2 Å². The molecule has 0 amide bonds. The van der Waals surface area contributed by atoms with Crippen LogP contribution in [0.15, 0.2) is 33.7 Å². The van der Waals surface area contributed by atoms with Gasteiger partial charge < -0.3 is 10.3 Å². The Morgan fingerprint density at radius 1 is 1.52 bits per heavy atom. The number of hydrogen-bond donors (Lipinski definition) is 1. The molecule has 1 fully saturated rings. The van der Waals surface area contributed by atoms with Gasteiger partial charge in [-0.25, -0.2) is 4.39 Å². The van der Waals surface area contributed by atoms with Gasteiger partial charge in [-0.3, -0.25) is 0 Å². The summed E-state index contributed by atoms with van der Waals surface area (Å²) in [6.07, 6.45) is 3.06. The Bertz CT molecular complexity index is 633. The molecule has 0 aliphatic heterocycles. The van der Waals surface area contributed by atoms with Crippen LogP contribution < -0.4 is 5.73 Å². The minimum Gasteiger partial charge on any atom is -0.339 e. The first-order chi connectivity index (χ1) is 10.1. The van der Waals surface area contributed by atoms with Crippen LogP contribution >= 0.6 is 11.8 Å². The summed E-state index contributed by atoms with van der Waals surface area (Å²) < 4.78 is 18.5. The zero-order valence-electron chi connectivity index (χ0n) is 11.9. The molecule has 2 unspecified atom stereocenters. The van der Waals surface area contributed by atoms with E-state index in [1.54, 1.807) is 6.07 Å². The summed E-state index contributed by atoms with van der Waals surface area (Å²) in [5, 5.41) is 4.02. The minimum absolute atomic E-state index is 0.0710. The molecule has 1 aromatic carbocycles. The molecule has 1 aliphatic rings. The van der Waals surface area contributed by atoms with Gasteiger partial charge in [-0.2, -0.15) is 4.98 Å². The zero-order valence-corrected chi connectivity index (χ0v) is 12.7. The van der Waals surface area contributed by atoms with E-state index in [0.717, 1.165) is 24.2 Å².